The first-order valence-corrected chi connectivity index (χ1v) is 6.78. The Hall–Kier alpha value is -3.00. The van der Waals surface area contributed by atoms with Gasteiger partial charge in [0, 0.05) is 6.20 Å². The van der Waals surface area contributed by atoms with Gasteiger partial charge in [-0.1, -0.05) is 6.07 Å². The van der Waals surface area contributed by atoms with Crippen LogP contribution in [0.15, 0.2) is 52.3 Å². The minimum absolute atomic E-state index is 0.251. The lowest BCUT2D eigenvalue weighted by Gasteiger charge is -2.11. The zero-order valence-corrected chi connectivity index (χ0v) is 12.0. The zero-order chi connectivity index (χ0) is 15.5. The SMILES string of the molecule is O=c1[nH][nH]c(=O)c2c(NC(=S)Nc3cccnc3)cccc12. The number of hydrogen-bond acceptors (Lipinski definition) is 4. The lowest BCUT2D eigenvalue weighted by atomic mass is 10.1. The van der Waals surface area contributed by atoms with Gasteiger partial charge in [-0.25, -0.2) is 0 Å². The molecule has 0 aliphatic carbocycles. The molecule has 2 aromatic heterocycles. The molecule has 0 unspecified atom stereocenters. The molecule has 0 saturated heterocycles. The molecule has 8 heteroatoms. The van der Waals surface area contributed by atoms with Crippen LogP contribution in [-0.2, 0) is 0 Å². The van der Waals surface area contributed by atoms with Crippen molar-refractivity contribution in [3.63, 3.8) is 0 Å². The third kappa shape index (κ3) is 2.72. The Bertz CT molecular complexity index is 949. The Kier molecular flexibility index (Phi) is 3.67. The van der Waals surface area contributed by atoms with E-state index in [0.29, 0.717) is 16.5 Å². The maximum absolute atomic E-state index is 12.0. The second kappa shape index (κ2) is 5.78. The maximum Gasteiger partial charge on any atom is 0.272 e. The van der Waals surface area contributed by atoms with Gasteiger partial charge in [0.1, 0.15) is 0 Å². The fraction of sp³-hybridized carbons (Fsp3) is 0. The summed E-state index contributed by atoms with van der Waals surface area (Å²) in [6, 6.07) is 8.50. The molecule has 0 fully saturated rings. The monoisotopic (exact) mass is 313 g/mol. The normalized spacial score (nSPS) is 10.4. The Morgan fingerprint density at radius 2 is 1.86 bits per heavy atom. The Labute approximate surface area is 129 Å². The van der Waals surface area contributed by atoms with Crippen molar-refractivity contribution in [3.05, 3.63) is 63.4 Å². The number of pyridine rings is 1. The molecule has 7 nitrogen and oxygen atoms in total. The lowest BCUT2D eigenvalue weighted by Crippen LogP contribution is -2.23. The fourth-order valence-electron chi connectivity index (χ4n) is 2.06. The summed E-state index contributed by atoms with van der Waals surface area (Å²) in [7, 11) is 0. The molecule has 0 saturated carbocycles. The van der Waals surface area contributed by atoms with E-state index in [-0.39, 0.29) is 16.3 Å². The summed E-state index contributed by atoms with van der Waals surface area (Å²) >= 11 is 5.21. The summed E-state index contributed by atoms with van der Waals surface area (Å²) in [6.45, 7) is 0. The summed E-state index contributed by atoms with van der Waals surface area (Å²) in [5, 5.41) is 11.3. The highest BCUT2D eigenvalue weighted by atomic mass is 32.1. The lowest BCUT2D eigenvalue weighted by molar-refractivity contribution is 0.977. The molecule has 0 amide bonds. The van der Waals surface area contributed by atoms with Crippen LogP contribution in [0.5, 0.6) is 0 Å². The van der Waals surface area contributed by atoms with E-state index in [2.05, 4.69) is 25.8 Å². The first-order valence-electron chi connectivity index (χ1n) is 6.37. The molecule has 0 aliphatic rings. The maximum atomic E-state index is 12.0. The molecule has 0 aliphatic heterocycles. The van der Waals surface area contributed by atoms with Gasteiger partial charge in [-0.05, 0) is 36.5 Å². The van der Waals surface area contributed by atoms with E-state index in [9.17, 15) is 9.59 Å². The number of benzene rings is 1. The molecule has 22 heavy (non-hydrogen) atoms. The summed E-state index contributed by atoms with van der Waals surface area (Å²) < 4.78 is 0. The van der Waals surface area contributed by atoms with Crippen LogP contribution in [0.1, 0.15) is 0 Å². The standard InChI is InChI=1S/C14H11N5O2S/c20-12-9-4-1-5-10(11(9)13(21)19-18-12)17-14(22)16-8-3-2-6-15-7-8/h1-7H,(H,18,20)(H,19,21)(H2,16,17,22). The molecule has 3 aromatic rings. The number of nitrogens with one attached hydrogen (secondary N) is 4. The van der Waals surface area contributed by atoms with Gasteiger partial charge in [-0.15, -0.1) is 0 Å². The average Bonchev–Trinajstić information content (AvgIpc) is 2.52. The predicted molar refractivity (Wildman–Crippen MR) is 89.3 cm³/mol. The summed E-state index contributed by atoms with van der Waals surface area (Å²) in [5.41, 5.74) is 0.393. The van der Waals surface area contributed by atoms with Crippen LogP contribution in [0.4, 0.5) is 11.4 Å². The van der Waals surface area contributed by atoms with Crippen LogP contribution < -0.4 is 21.8 Å². The van der Waals surface area contributed by atoms with Crippen molar-refractivity contribution < 1.29 is 0 Å². The van der Waals surface area contributed by atoms with Crippen LogP contribution in [0.25, 0.3) is 10.8 Å². The van der Waals surface area contributed by atoms with Gasteiger partial charge in [-0.2, -0.15) is 0 Å². The van der Waals surface area contributed by atoms with Gasteiger partial charge in [0.25, 0.3) is 11.1 Å². The Morgan fingerprint density at radius 1 is 1.05 bits per heavy atom. The third-order valence-electron chi connectivity index (χ3n) is 2.99. The number of anilines is 2. The zero-order valence-electron chi connectivity index (χ0n) is 11.2. The van der Waals surface area contributed by atoms with Crippen LogP contribution in [-0.4, -0.2) is 20.3 Å². The molecule has 0 spiro atoms. The summed E-state index contributed by atoms with van der Waals surface area (Å²) in [4.78, 5) is 27.7. The fourth-order valence-corrected chi connectivity index (χ4v) is 2.28. The highest BCUT2D eigenvalue weighted by Crippen LogP contribution is 2.17. The quantitative estimate of drug-likeness (QED) is 0.534. The molecule has 1 aromatic carbocycles. The molecule has 4 N–H and O–H groups in total. The second-order valence-electron chi connectivity index (χ2n) is 4.46. The van der Waals surface area contributed by atoms with Crippen molar-refractivity contribution in [2.24, 2.45) is 0 Å². The molecular weight excluding hydrogens is 302 g/mol. The van der Waals surface area contributed by atoms with Crippen LogP contribution in [0.2, 0.25) is 0 Å². The van der Waals surface area contributed by atoms with Crippen LogP contribution in [0.3, 0.4) is 0 Å². The van der Waals surface area contributed by atoms with Crippen molar-refractivity contribution >= 4 is 39.5 Å². The van der Waals surface area contributed by atoms with Gasteiger partial charge >= 0.3 is 0 Å². The third-order valence-corrected chi connectivity index (χ3v) is 3.20. The molecule has 110 valence electrons. The number of aromatic nitrogens is 3. The van der Waals surface area contributed by atoms with Crippen LogP contribution in [0, 0.1) is 0 Å². The van der Waals surface area contributed by atoms with Crippen molar-refractivity contribution in [2.45, 2.75) is 0 Å². The highest BCUT2D eigenvalue weighted by molar-refractivity contribution is 7.80. The topological polar surface area (TPSA) is 103 Å². The summed E-state index contributed by atoms with van der Waals surface area (Å²) in [5.74, 6) is 0. The first kappa shape index (κ1) is 14.0. The smallest absolute Gasteiger partial charge is 0.272 e. The van der Waals surface area contributed by atoms with E-state index in [4.69, 9.17) is 12.2 Å². The number of H-pyrrole nitrogens is 2. The van der Waals surface area contributed by atoms with E-state index in [1.807, 2.05) is 6.07 Å². The van der Waals surface area contributed by atoms with Crippen molar-refractivity contribution in [3.8, 4) is 0 Å². The molecule has 2 heterocycles. The Balaban J connectivity index is 1.95. The van der Waals surface area contributed by atoms with E-state index < -0.39 is 5.56 Å². The van der Waals surface area contributed by atoms with E-state index >= 15 is 0 Å². The van der Waals surface area contributed by atoms with E-state index in [0.717, 1.165) is 0 Å². The van der Waals surface area contributed by atoms with Gasteiger partial charge in [-0.3, -0.25) is 24.8 Å². The number of hydrogen-bond donors (Lipinski definition) is 4. The van der Waals surface area contributed by atoms with Crippen molar-refractivity contribution in [2.75, 3.05) is 10.6 Å². The van der Waals surface area contributed by atoms with E-state index in [1.165, 1.54) is 0 Å². The molecular formula is C14H11N5O2S. The molecule has 0 atom stereocenters. The average molecular weight is 313 g/mol. The van der Waals surface area contributed by atoms with Gasteiger partial charge in [0.05, 0.1) is 28.3 Å². The van der Waals surface area contributed by atoms with Gasteiger partial charge < -0.3 is 10.6 Å². The number of thiocarbonyl (C=S) groups is 1. The second-order valence-corrected chi connectivity index (χ2v) is 4.87. The number of aromatic amines is 2. The van der Waals surface area contributed by atoms with E-state index in [1.54, 1.807) is 36.7 Å². The molecule has 0 bridgehead atoms. The number of rotatable bonds is 2. The van der Waals surface area contributed by atoms with Gasteiger partial charge in [0.2, 0.25) is 0 Å². The molecule has 3 rings (SSSR count). The first-order chi connectivity index (χ1) is 10.6. The van der Waals surface area contributed by atoms with Crippen LogP contribution >= 0.6 is 12.2 Å². The summed E-state index contributed by atoms with van der Waals surface area (Å²) in [6.07, 6.45) is 3.27. The minimum atomic E-state index is -0.401. The molecule has 0 radical (unpaired) electrons. The van der Waals surface area contributed by atoms with Crippen molar-refractivity contribution in [1.29, 1.82) is 0 Å². The van der Waals surface area contributed by atoms with Crippen molar-refractivity contribution in [1.82, 2.24) is 15.2 Å². The van der Waals surface area contributed by atoms with Gasteiger partial charge in [0.15, 0.2) is 5.11 Å². The Morgan fingerprint density at radius 3 is 2.64 bits per heavy atom. The number of nitrogens with zero attached hydrogens (tertiary/aromatic N) is 1. The number of fused-ring (bicyclic) bond motifs is 1. The highest BCUT2D eigenvalue weighted by Gasteiger charge is 2.09. The predicted octanol–water partition coefficient (Wildman–Crippen LogP) is 1.42. The largest absolute Gasteiger partial charge is 0.332 e. The minimum Gasteiger partial charge on any atom is -0.332 e.